The van der Waals surface area contributed by atoms with E-state index in [4.69, 9.17) is 10.2 Å². The van der Waals surface area contributed by atoms with Gasteiger partial charge in [0, 0.05) is 48.3 Å². The second-order valence-corrected chi connectivity index (χ2v) is 11.4. The summed E-state index contributed by atoms with van der Waals surface area (Å²) in [5, 5.41) is 31.8. The zero-order chi connectivity index (χ0) is 30.7. The molecule has 0 aliphatic rings. The Kier molecular flexibility index (Phi) is 15.2. The molecule has 4 atom stereocenters. The lowest BCUT2D eigenvalue weighted by atomic mass is 9.86. The topological polar surface area (TPSA) is 202 Å². The molecule has 0 aliphatic carbocycles. The van der Waals surface area contributed by atoms with Crippen LogP contribution in [0, 0.1) is 11.3 Å². The van der Waals surface area contributed by atoms with E-state index in [1.165, 1.54) is 11.8 Å². The fourth-order valence-corrected chi connectivity index (χ4v) is 4.82. The van der Waals surface area contributed by atoms with Gasteiger partial charge in [0.25, 0.3) is 0 Å². The summed E-state index contributed by atoms with van der Waals surface area (Å²) >= 11 is 1.93. The first-order chi connectivity index (χ1) is 17.8. The molecule has 0 aromatic rings. The lowest BCUT2D eigenvalue weighted by Crippen LogP contribution is -2.53. The molecule has 0 heterocycles. The molecule has 6 N–H and O–H groups in total. The second kappa shape index (κ2) is 16.4. The van der Waals surface area contributed by atoms with E-state index in [0.717, 1.165) is 0 Å². The van der Waals surface area contributed by atoms with E-state index in [-0.39, 0.29) is 29.2 Å². The van der Waals surface area contributed by atoms with E-state index in [1.54, 1.807) is 13.1 Å². The molecule has 13 nitrogen and oxygen atoms in total. The third-order valence-corrected chi connectivity index (χ3v) is 6.63. The van der Waals surface area contributed by atoms with Crippen LogP contribution in [0.15, 0.2) is 11.6 Å². The van der Waals surface area contributed by atoms with Crippen molar-refractivity contribution in [1.29, 1.82) is 0 Å². The summed E-state index contributed by atoms with van der Waals surface area (Å²) < 4.78 is 3.00. The van der Waals surface area contributed by atoms with Crippen LogP contribution in [0.4, 0.5) is 0 Å². The largest absolute Gasteiger partial charge is 0.481 e. The molecule has 0 bridgehead atoms. The minimum atomic E-state index is -1.54. The predicted molar refractivity (Wildman–Crippen MR) is 151 cm³/mol. The van der Waals surface area contributed by atoms with Gasteiger partial charge in [-0.15, -0.1) is 0 Å². The van der Waals surface area contributed by atoms with E-state index >= 15 is 0 Å². The quantitative estimate of drug-likeness (QED) is 0.0796. The summed E-state index contributed by atoms with van der Waals surface area (Å²) in [5.41, 5.74) is -0.218. The van der Waals surface area contributed by atoms with E-state index in [0.29, 0.717) is 0 Å². The van der Waals surface area contributed by atoms with Gasteiger partial charge in [-0.2, -0.15) is 0 Å². The van der Waals surface area contributed by atoms with Crippen molar-refractivity contribution in [3.05, 3.63) is 11.6 Å². The minimum absolute atomic E-state index is 0.0896. The monoisotopic (exact) mass is 668 g/mol. The van der Waals surface area contributed by atoms with Gasteiger partial charge in [0.15, 0.2) is 0 Å². The van der Waals surface area contributed by atoms with Gasteiger partial charge in [-0.25, -0.2) is 8.32 Å². The summed E-state index contributed by atoms with van der Waals surface area (Å²) in [6.45, 7) is 11.0. The summed E-state index contributed by atoms with van der Waals surface area (Å²) in [5.74, 6) is -5.88. The van der Waals surface area contributed by atoms with Crippen LogP contribution in [-0.2, 0) is 28.8 Å². The summed E-state index contributed by atoms with van der Waals surface area (Å²) in [6, 6.07) is -3.92. The number of hydrogen-bond acceptors (Lipinski definition) is 7. The Morgan fingerprint density at radius 1 is 0.897 bits per heavy atom. The highest BCUT2D eigenvalue weighted by molar-refractivity contribution is 14.1. The molecule has 0 rings (SSSR count). The number of rotatable bonds is 16. The first kappa shape index (κ1) is 36.2. The highest BCUT2D eigenvalue weighted by Gasteiger charge is 2.35. The van der Waals surface area contributed by atoms with Crippen molar-refractivity contribution in [1.82, 2.24) is 19.1 Å². The molecule has 14 heteroatoms. The summed E-state index contributed by atoms with van der Waals surface area (Å²) in [6.07, 6.45) is -0.141. The Morgan fingerprint density at radius 2 is 1.38 bits per heavy atom. The molecule has 0 saturated heterocycles. The number of nitrogens with zero attached hydrogens (tertiary/aromatic N) is 1. The standard InChI is InChI=1S/C25H41IN4O9/c1-13(2)17(30(7)23(37)20(29-26)25(4,5)6)12-14(3)21(35)27-15(8-10-18(31)32)22(36)28-16(24(38)39)9-11-19(33)34/h12-13,15-17,20,29H,8-11H2,1-7H3,(H,27,35)(H,28,36)(H,31,32)(H,33,34)(H,38,39)/b14-12+/t15?,16?,17-,20-/m1/s1. The predicted octanol–water partition coefficient (Wildman–Crippen LogP) is 1.55. The van der Waals surface area contributed by atoms with E-state index in [9.17, 15) is 33.9 Å². The van der Waals surface area contributed by atoms with Gasteiger partial charge < -0.3 is 30.9 Å². The number of likely N-dealkylation sites (N-methyl/N-ethyl adjacent to an activating group) is 1. The molecular weight excluding hydrogens is 627 g/mol. The Morgan fingerprint density at radius 3 is 1.77 bits per heavy atom. The number of carboxylic acids is 3. The molecule has 0 aliphatic heterocycles. The van der Waals surface area contributed by atoms with E-state index in [1.807, 2.05) is 57.5 Å². The van der Waals surface area contributed by atoms with Crippen LogP contribution < -0.4 is 14.2 Å². The van der Waals surface area contributed by atoms with Crippen LogP contribution in [0.1, 0.15) is 67.2 Å². The normalized spacial score (nSPS) is 15.1. The average Bonchev–Trinajstić information content (AvgIpc) is 2.80. The molecular formula is C25H41IN4O9. The Labute approximate surface area is 242 Å². The highest BCUT2D eigenvalue weighted by Crippen LogP contribution is 2.24. The lowest BCUT2D eigenvalue weighted by molar-refractivity contribution is -0.144. The third-order valence-electron chi connectivity index (χ3n) is 6.01. The zero-order valence-electron chi connectivity index (χ0n) is 23.4. The minimum Gasteiger partial charge on any atom is -0.481 e. The Bertz CT molecular complexity index is 946. The highest BCUT2D eigenvalue weighted by atomic mass is 127. The molecule has 0 spiro atoms. The molecule has 39 heavy (non-hydrogen) atoms. The van der Waals surface area contributed by atoms with Crippen LogP contribution in [0.5, 0.6) is 0 Å². The molecule has 0 aromatic heterocycles. The van der Waals surface area contributed by atoms with Crippen LogP contribution in [0.2, 0.25) is 0 Å². The maximum Gasteiger partial charge on any atom is 0.326 e. The summed E-state index contributed by atoms with van der Waals surface area (Å²) in [7, 11) is 1.63. The van der Waals surface area contributed by atoms with Gasteiger partial charge in [-0.1, -0.05) is 40.7 Å². The maximum atomic E-state index is 13.2. The van der Waals surface area contributed by atoms with Crippen molar-refractivity contribution in [3.63, 3.8) is 0 Å². The molecule has 0 aromatic carbocycles. The second-order valence-electron chi connectivity index (χ2n) is 10.7. The molecule has 0 saturated carbocycles. The fourth-order valence-electron chi connectivity index (χ4n) is 3.62. The van der Waals surface area contributed by atoms with Crippen LogP contribution in [0.25, 0.3) is 0 Å². The van der Waals surface area contributed by atoms with Crippen molar-refractivity contribution in [2.24, 2.45) is 11.3 Å². The lowest BCUT2D eigenvalue weighted by Gasteiger charge is -2.36. The van der Waals surface area contributed by atoms with Crippen LogP contribution in [0.3, 0.4) is 0 Å². The SMILES string of the molecule is C/C(=C\[C@H](C(C)C)N(C)C(=O)[C@@H](NI)C(C)(C)C)C(=O)NC(CCC(=O)O)C(=O)NC(CCC(=O)O)C(=O)O. The smallest absolute Gasteiger partial charge is 0.326 e. The van der Waals surface area contributed by atoms with Crippen molar-refractivity contribution in [3.8, 4) is 0 Å². The van der Waals surface area contributed by atoms with E-state index in [2.05, 4.69) is 14.2 Å². The molecule has 0 radical (unpaired) electrons. The number of nitrogens with one attached hydrogen (secondary N) is 3. The number of carbonyl (C=O) groups is 6. The zero-order valence-corrected chi connectivity index (χ0v) is 25.6. The van der Waals surface area contributed by atoms with Crippen molar-refractivity contribution < 1.29 is 44.1 Å². The number of amides is 3. The van der Waals surface area contributed by atoms with E-state index < -0.39 is 73.2 Å². The fraction of sp³-hybridized carbons (Fsp3) is 0.680. The average molecular weight is 669 g/mol. The molecule has 2 unspecified atom stereocenters. The molecule has 0 fully saturated rings. The van der Waals surface area contributed by atoms with Crippen molar-refractivity contribution >= 4 is 58.5 Å². The van der Waals surface area contributed by atoms with Gasteiger partial charge in [0.1, 0.15) is 18.1 Å². The van der Waals surface area contributed by atoms with Crippen molar-refractivity contribution in [2.75, 3.05) is 7.05 Å². The number of carboxylic acid groups (broad SMARTS) is 3. The van der Waals surface area contributed by atoms with Gasteiger partial charge in [-0.05, 0) is 31.1 Å². The molecule has 222 valence electrons. The van der Waals surface area contributed by atoms with Gasteiger partial charge in [-0.3, -0.25) is 24.0 Å². The number of halogens is 1. The Balaban J connectivity index is 5.90. The number of hydrogen-bond donors (Lipinski definition) is 6. The first-order valence-electron chi connectivity index (χ1n) is 12.4. The van der Waals surface area contributed by atoms with Crippen LogP contribution in [-0.4, -0.2) is 87.1 Å². The van der Waals surface area contributed by atoms with Gasteiger partial charge >= 0.3 is 17.9 Å². The van der Waals surface area contributed by atoms with Crippen LogP contribution >= 0.6 is 22.9 Å². The molecule has 3 amide bonds. The maximum absolute atomic E-state index is 13.2. The third kappa shape index (κ3) is 12.8. The Hall–Kier alpha value is -2.75. The van der Waals surface area contributed by atoms with Crippen molar-refractivity contribution in [2.45, 2.75) is 91.4 Å². The number of aliphatic carboxylic acids is 3. The van der Waals surface area contributed by atoms with Gasteiger partial charge in [0.05, 0.1) is 6.04 Å². The number of carbonyl (C=O) groups excluding carboxylic acids is 3. The first-order valence-corrected chi connectivity index (χ1v) is 13.5. The summed E-state index contributed by atoms with van der Waals surface area (Å²) in [4.78, 5) is 74.0. The van der Waals surface area contributed by atoms with Gasteiger partial charge in [0.2, 0.25) is 17.7 Å².